The van der Waals surface area contributed by atoms with Gasteiger partial charge in [0.2, 0.25) is 5.91 Å². The molecule has 1 spiro atoms. The van der Waals surface area contributed by atoms with Gasteiger partial charge in [-0.15, -0.1) is 0 Å². The molecule has 0 aromatic heterocycles. The predicted octanol–water partition coefficient (Wildman–Crippen LogP) is 5.00. The summed E-state index contributed by atoms with van der Waals surface area (Å²) in [4.78, 5) is 40.8. The molecule has 0 radical (unpaired) electrons. The number of carbonyl (C=O) groups excluding carboxylic acids is 2. The Hall–Kier alpha value is -3.86. The average molecular weight is 502 g/mol. The van der Waals surface area contributed by atoms with Crippen LogP contribution in [0.3, 0.4) is 0 Å². The summed E-state index contributed by atoms with van der Waals surface area (Å²) in [7, 11) is 0. The number of carboxylic acid groups (broad SMARTS) is 1. The molecule has 1 heterocycles. The maximum absolute atomic E-state index is 13.4. The summed E-state index contributed by atoms with van der Waals surface area (Å²) in [5.74, 6) is -0.623. The molecular formula is C29H31N3O5. The Bertz CT molecular complexity index is 1280. The lowest BCUT2D eigenvalue weighted by molar-refractivity contribution is -0.137. The number of anilines is 1. The molecule has 192 valence electrons. The molecule has 0 saturated heterocycles. The Balaban J connectivity index is 1.33. The van der Waals surface area contributed by atoms with Crippen molar-refractivity contribution in [3.63, 3.8) is 0 Å². The average Bonchev–Trinajstić information content (AvgIpc) is 3.37. The SMILES string of the molecule is [C-]#[N+]c1ccc(CCCC(=O)O)c(NC(=O)[C@@H]2C[C@]23CCOc2ccc(C(=O)NC4CCCC4)cc23)c1. The number of nitrogens with zero attached hydrogens (tertiary/aromatic N) is 1. The van der Waals surface area contributed by atoms with Gasteiger partial charge in [-0.3, -0.25) is 14.4 Å². The van der Waals surface area contributed by atoms with Crippen molar-refractivity contribution < 1.29 is 24.2 Å². The fourth-order valence-corrected chi connectivity index (χ4v) is 5.84. The van der Waals surface area contributed by atoms with Crippen molar-refractivity contribution in [3.8, 4) is 5.75 Å². The Labute approximate surface area is 216 Å². The van der Waals surface area contributed by atoms with Crippen LogP contribution in [0.25, 0.3) is 4.85 Å². The maximum atomic E-state index is 13.4. The van der Waals surface area contributed by atoms with Gasteiger partial charge in [-0.05, 0) is 68.4 Å². The van der Waals surface area contributed by atoms with E-state index < -0.39 is 5.97 Å². The number of amides is 2. The highest BCUT2D eigenvalue weighted by atomic mass is 16.5. The van der Waals surface area contributed by atoms with Crippen molar-refractivity contribution in [2.75, 3.05) is 11.9 Å². The van der Waals surface area contributed by atoms with Crippen LogP contribution in [0, 0.1) is 12.5 Å². The lowest BCUT2D eigenvalue weighted by Gasteiger charge is -2.27. The predicted molar refractivity (Wildman–Crippen MR) is 138 cm³/mol. The molecule has 8 heteroatoms. The lowest BCUT2D eigenvalue weighted by atomic mass is 9.86. The number of hydrogen-bond donors (Lipinski definition) is 3. The number of fused-ring (bicyclic) bond motifs is 2. The van der Waals surface area contributed by atoms with E-state index in [1.54, 1.807) is 24.3 Å². The molecule has 37 heavy (non-hydrogen) atoms. The number of rotatable bonds is 8. The Morgan fingerprint density at radius 2 is 1.95 bits per heavy atom. The van der Waals surface area contributed by atoms with Crippen molar-refractivity contribution in [2.45, 2.75) is 69.2 Å². The third-order valence-electron chi connectivity index (χ3n) is 7.98. The first-order valence-corrected chi connectivity index (χ1v) is 13.0. The molecule has 2 fully saturated rings. The van der Waals surface area contributed by atoms with E-state index in [0.29, 0.717) is 49.2 Å². The van der Waals surface area contributed by atoms with Crippen LogP contribution in [0.1, 0.15) is 72.9 Å². The zero-order valence-electron chi connectivity index (χ0n) is 20.7. The quantitative estimate of drug-likeness (QED) is 0.441. The van der Waals surface area contributed by atoms with Crippen LogP contribution >= 0.6 is 0 Å². The molecule has 8 nitrogen and oxygen atoms in total. The van der Waals surface area contributed by atoms with Crippen molar-refractivity contribution in [2.24, 2.45) is 5.92 Å². The van der Waals surface area contributed by atoms with Crippen LogP contribution in [0.5, 0.6) is 5.75 Å². The third kappa shape index (κ3) is 5.17. The minimum absolute atomic E-state index is 0.0388. The number of carbonyl (C=O) groups is 3. The minimum Gasteiger partial charge on any atom is -0.493 e. The number of hydrogen-bond acceptors (Lipinski definition) is 4. The number of ether oxygens (including phenoxy) is 1. The molecular weight excluding hydrogens is 470 g/mol. The molecule has 0 unspecified atom stereocenters. The van der Waals surface area contributed by atoms with Crippen molar-refractivity contribution in [1.82, 2.24) is 5.32 Å². The van der Waals surface area contributed by atoms with Gasteiger partial charge in [0.05, 0.1) is 13.2 Å². The summed E-state index contributed by atoms with van der Waals surface area (Å²) >= 11 is 0. The zero-order chi connectivity index (χ0) is 26.0. The van der Waals surface area contributed by atoms with E-state index in [-0.39, 0.29) is 35.6 Å². The first-order chi connectivity index (χ1) is 17.9. The molecule has 5 rings (SSSR count). The highest BCUT2D eigenvalue weighted by Crippen LogP contribution is 2.61. The highest BCUT2D eigenvalue weighted by Gasteiger charge is 2.61. The van der Waals surface area contributed by atoms with E-state index in [1.165, 1.54) is 0 Å². The van der Waals surface area contributed by atoms with Crippen LogP contribution in [-0.2, 0) is 21.4 Å². The van der Waals surface area contributed by atoms with E-state index >= 15 is 0 Å². The standard InChI is InChI=1S/C29H31N3O5/c1-30-21-11-9-18(5-4-8-26(33)34)24(16-21)32-28(36)23-17-29(23)13-14-37-25-12-10-19(15-22(25)29)27(35)31-20-6-2-3-7-20/h9-12,15-16,20,23H,2-8,13-14,17H2,(H,31,35)(H,32,36)(H,33,34)/t23-,29-/m0/s1. The van der Waals surface area contributed by atoms with Crippen LogP contribution in [0.4, 0.5) is 11.4 Å². The van der Waals surface area contributed by atoms with Crippen LogP contribution in [0.15, 0.2) is 36.4 Å². The second-order valence-corrected chi connectivity index (χ2v) is 10.4. The van der Waals surface area contributed by atoms with Gasteiger partial charge in [-0.1, -0.05) is 25.0 Å². The van der Waals surface area contributed by atoms with Gasteiger partial charge >= 0.3 is 5.97 Å². The van der Waals surface area contributed by atoms with Gasteiger partial charge in [0, 0.05) is 40.6 Å². The summed E-state index contributed by atoms with van der Waals surface area (Å²) in [6.45, 7) is 7.85. The molecule has 2 aromatic carbocycles. The molecule has 0 bridgehead atoms. The zero-order valence-corrected chi connectivity index (χ0v) is 20.7. The first-order valence-electron chi connectivity index (χ1n) is 13.0. The Morgan fingerprint density at radius 3 is 2.70 bits per heavy atom. The van der Waals surface area contributed by atoms with Gasteiger partial charge in [0.25, 0.3) is 5.91 Å². The van der Waals surface area contributed by atoms with Crippen LogP contribution in [0.2, 0.25) is 0 Å². The van der Waals surface area contributed by atoms with E-state index in [4.69, 9.17) is 16.4 Å². The van der Waals surface area contributed by atoms with E-state index in [2.05, 4.69) is 15.5 Å². The van der Waals surface area contributed by atoms with Crippen molar-refractivity contribution >= 4 is 29.2 Å². The largest absolute Gasteiger partial charge is 0.493 e. The topological polar surface area (TPSA) is 109 Å². The fourth-order valence-electron chi connectivity index (χ4n) is 5.84. The summed E-state index contributed by atoms with van der Waals surface area (Å²) < 4.78 is 5.88. The maximum Gasteiger partial charge on any atom is 0.303 e. The number of benzene rings is 2. The van der Waals surface area contributed by atoms with Gasteiger partial charge < -0.3 is 20.5 Å². The molecule has 2 saturated carbocycles. The second kappa shape index (κ2) is 10.3. The van der Waals surface area contributed by atoms with Gasteiger partial charge in [0.1, 0.15) is 5.75 Å². The monoisotopic (exact) mass is 501 g/mol. The minimum atomic E-state index is -0.863. The van der Waals surface area contributed by atoms with Crippen LogP contribution < -0.4 is 15.4 Å². The van der Waals surface area contributed by atoms with Crippen LogP contribution in [-0.4, -0.2) is 35.5 Å². The lowest BCUT2D eigenvalue weighted by Crippen LogP contribution is -2.33. The number of aryl methyl sites for hydroxylation is 1. The number of nitrogens with one attached hydrogen (secondary N) is 2. The number of aliphatic carboxylic acids is 1. The van der Waals surface area contributed by atoms with Gasteiger partial charge in [0.15, 0.2) is 5.69 Å². The third-order valence-corrected chi connectivity index (χ3v) is 7.98. The smallest absolute Gasteiger partial charge is 0.303 e. The molecule has 1 aliphatic heterocycles. The molecule has 2 amide bonds. The highest BCUT2D eigenvalue weighted by molar-refractivity contribution is 5.98. The molecule has 2 atom stereocenters. The molecule has 3 N–H and O–H groups in total. The number of carboxylic acids is 1. The first kappa shape index (κ1) is 24.8. The second-order valence-electron chi connectivity index (χ2n) is 10.4. The van der Waals surface area contributed by atoms with E-state index in [1.807, 2.05) is 12.1 Å². The van der Waals surface area contributed by atoms with E-state index in [0.717, 1.165) is 42.6 Å². The van der Waals surface area contributed by atoms with Crippen molar-refractivity contribution in [3.05, 3.63) is 64.5 Å². The summed E-state index contributed by atoms with van der Waals surface area (Å²) in [6.07, 6.45) is 6.64. The molecule has 3 aliphatic rings. The normalized spacial score (nSPS) is 22.0. The molecule has 2 aliphatic carbocycles. The van der Waals surface area contributed by atoms with Crippen molar-refractivity contribution in [1.29, 1.82) is 0 Å². The van der Waals surface area contributed by atoms with Gasteiger partial charge in [-0.25, -0.2) is 4.85 Å². The molecule has 2 aromatic rings. The fraction of sp³-hybridized carbons (Fsp3) is 0.448. The summed E-state index contributed by atoms with van der Waals surface area (Å²) in [5, 5.41) is 15.1. The summed E-state index contributed by atoms with van der Waals surface area (Å²) in [6, 6.07) is 10.9. The Kier molecular flexibility index (Phi) is 6.88. The van der Waals surface area contributed by atoms with E-state index in [9.17, 15) is 14.4 Å². The Morgan fingerprint density at radius 1 is 1.14 bits per heavy atom. The van der Waals surface area contributed by atoms with Gasteiger partial charge in [-0.2, -0.15) is 0 Å². The summed E-state index contributed by atoms with van der Waals surface area (Å²) in [5.41, 5.74) is 2.92.